The monoisotopic (exact) mass is 251 g/mol. The van der Waals surface area contributed by atoms with Gasteiger partial charge in [0.05, 0.1) is 12.1 Å². The first-order valence-corrected chi connectivity index (χ1v) is 6.56. The molecule has 0 aromatic carbocycles. The molecule has 2 unspecified atom stereocenters. The topological polar surface area (TPSA) is 69.6 Å². The van der Waals surface area contributed by atoms with E-state index in [9.17, 15) is 0 Å². The molecule has 2 N–H and O–H groups in total. The lowest BCUT2D eigenvalue weighted by molar-refractivity contribution is 0.383. The molecule has 0 radical (unpaired) electrons. The van der Waals surface area contributed by atoms with Gasteiger partial charge in [0, 0.05) is 4.88 Å². The Labute approximate surface area is 105 Å². The van der Waals surface area contributed by atoms with Gasteiger partial charge in [-0.25, -0.2) is 4.68 Å². The van der Waals surface area contributed by atoms with Crippen LogP contribution in [0, 0.1) is 5.92 Å². The summed E-state index contributed by atoms with van der Waals surface area (Å²) in [6.07, 6.45) is 0. The zero-order valence-electron chi connectivity index (χ0n) is 10.2. The van der Waals surface area contributed by atoms with Crippen molar-refractivity contribution in [1.82, 2.24) is 20.2 Å². The fourth-order valence-corrected chi connectivity index (χ4v) is 2.87. The summed E-state index contributed by atoms with van der Waals surface area (Å²) in [5, 5.41) is 13.9. The van der Waals surface area contributed by atoms with Crippen molar-refractivity contribution in [3.63, 3.8) is 0 Å². The van der Waals surface area contributed by atoms with Gasteiger partial charge in [0.25, 0.3) is 0 Å². The normalized spacial score (nSPS) is 15.1. The highest BCUT2D eigenvalue weighted by molar-refractivity contribution is 7.10. The van der Waals surface area contributed by atoms with Crippen molar-refractivity contribution >= 4 is 11.3 Å². The predicted molar refractivity (Wildman–Crippen MR) is 67.7 cm³/mol. The van der Waals surface area contributed by atoms with Gasteiger partial charge >= 0.3 is 0 Å². The third-order valence-corrected chi connectivity index (χ3v) is 3.60. The van der Waals surface area contributed by atoms with Gasteiger partial charge in [-0.3, -0.25) is 0 Å². The summed E-state index contributed by atoms with van der Waals surface area (Å²) in [5.74, 6) is 1.15. The Morgan fingerprint density at radius 3 is 2.65 bits per heavy atom. The van der Waals surface area contributed by atoms with Gasteiger partial charge in [0.2, 0.25) is 0 Å². The minimum Gasteiger partial charge on any atom is -0.322 e. The molecule has 92 valence electrons. The number of rotatable bonds is 4. The van der Waals surface area contributed by atoms with Crippen LogP contribution in [0.25, 0.3) is 0 Å². The SMILES string of the molecule is CC(N)c1nnnn1C(c1cccs1)C(C)C. The highest BCUT2D eigenvalue weighted by Gasteiger charge is 2.24. The Morgan fingerprint density at radius 1 is 1.35 bits per heavy atom. The Morgan fingerprint density at radius 2 is 2.12 bits per heavy atom. The molecule has 17 heavy (non-hydrogen) atoms. The molecule has 5 nitrogen and oxygen atoms in total. The van der Waals surface area contributed by atoms with Gasteiger partial charge < -0.3 is 5.73 Å². The van der Waals surface area contributed by atoms with E-state index in [1.165, 1.54) is 4.88 Å². The number of tetrazole rings is 1. The van der Waals surface area contributed by atoms with E-state index in [0.717, 1.165) is 5.82 Å². The Hall–Kier alpha value is -1.27. The van der Waals surface area contributed by atoms with E-state index in [1.54, 1.807) is 11.3 Å². The number of thiophene rings is 1. The molecule has 2 atom stereocenters. The molecular formula is C11H17N5S. The van der Waals surface area contributed by atoms with Gasteiger partial charge in [-0.15, -0.1) is 16.4 Å². The molecule has 0 saturated heterocycles. The van der Waals surface area contributed by atoms with E-state index in [-0.39, 0.29) is 12.1 Å². The fourth-order valence-electron chi connectivity index (χ4n) is 1.89. The summed E-state index contributed by atoms with van der Waals surface area (Å²) in [4.78, 5) is 1.26. The van der Waals surface area contributed by atoms with Crippen LogP contribution in [-0.4, -0.2) is 20.2 Å². The fraction of sp³-hybridized carbons (Fsp3) is 0.545. The van der Waals surface area contributed by atoms with Crippen LogP contribution in [0.5, 0.6) is 0 Å². The number of hydrogen-bond donors (Lipinski definition) is 1. The minimum absolute atomic E-state index is 0.158. The van der Waals surface area contributed by atoms with Gasteiger partial charge in [-0.1, -0.05) is 19.9 Å². The number of aromatic nitrogens is 4. The van der Waals surface area contributed by atoms with Crippen LogP contribution in [0.4, 0.5) is 0 Å². The van der Waals surface area contributed by atoms with Gasteiger partial charge in [-0.05, 0) is 34.7 Å². The second-order valence-corrected chi connectivity index (χ2v) is 5.45. The van der Waals surface area contributed by atoms with E-state index >= 15 is 0 Å². The number of hydrogen-bond acceptors (Lipinski definition) is 5. The van der Waals surface area contributed by atoms with E-state index in [1.807, 2.05) is 17.7 Å². The summed E-state index contributed by atoms with van der Waals surface area (Å²) >= 11 is 1.72. The largest absolute Gasteiger partial charge is 0.322 e. The van der Waals surface area contributed by atoms with Crippen molar-refractivity contribution in [2.75, 3.05) is 0 Å². The van der Waals surface area contributed by atoms with E-state index < -0.39 is 0 Å². The molecule has 2 aromatic heterocycles. The van der Waals surface area contributed by atoms with Crippen molar-refractivity contribution in [3.05, 3.63) is 28.2 Å². The summed E-state index contributed by atoms with van der Waals surface area (Å²) in [5.41, 5.74) is 5.89. The molecule has 0 fully saturated rings. The van der Waals surface area contributed by atoms with Crippen molar-refractivity contribution < 1.29 is 0 Å². The summed E-state index contributed by atoms with van der Waals surface area (Å²) in [6, 6.07) is 4.16. The van der Waals surface area contributed by atoms with Gasteiger partial charge in [0.15, 0.2) is 5.82 Å². The Bertz CT molecular complexity index is 460. The lowest BCUT2D eigenvalue weighted by atomic mass is 10.0. The van der Waals surface area contributed by atoms with Crippen LogP contribution in [0.3, 0.4) is 0 Å². The first-order chi connectivity index (χ1) is 8.11. The molecule has 0 aliphatic rings. The van der Waals surface area contributed by atoms with Crippen molar-refractivity contribution in [2.45, 2.75) is 32.9 Å². The summed E-state index contributed by atoms with van der Waals surface area (Å²) < 4.78 is 1.85. The van der Waals surface area contributed by atoms with Crippen LogP contribution in [0.15, 0.2) is 17.5 Å². The van der Waals surface area contributed by atoms with E-state index in [2.05, 4.69) is 40.8 Å². The molecule has 2 rings (SSSR count). The van der Waals surface area contributed by atoms with Crippen LogP contribution >= 0.6 is 11.3 Å². The van der Waals surface area contributed by atoms with Crippen LogP contribution in [-0.2, 0) is 0 Å². The van der Waals surface area contributed by atoms with Gasteiger partial charge in [-0.2, -0.15) is 0 Å². The van der Waals surface area contributed by atoms with Crippen LogP contribution in [0.2, 0.25) is 0 Å². The number of nitrogens with zero attached hydrogens (tertiary/aromatic N) is 4. The third-order valence-electron chi connectivity index (χ3n) is 2.66. The Kier molecular flexibility index (Phi) is 3.54. The zero-order valence-corrected chi connectivity index (χ0v) is 11.1. The maximum Gasteiger partial charge on any atom is 0.168 e. The molecule has 0 aliphatic carbocycles. The molecule has 0 saturated carbocycles. The first-order valence-electron chi connectivity index (χ1n) is 5.68. The zero-order chi connectivity index (χ0) is 12.4. The van der Waals surface area contributed by atoms with Crippen molar-refractivity contribution in [3.8, 4) is 0 Å². The molecule has 6 heteroatoms. The van der Waals surface area contributed by atoms with Crippen molar-refractivity contribution in [1.29, 1.82) is 0 Å². The summed E-state index contributed by atoms with van der Waals surface area (Å²) in [7, 11) is 0. The number of nitrogens with two attached hydrogens (primary N) is 1. The van der Waals surface area contributed by atoms with E-state index in [0.29, 0.717) is 5.92 Å². The quantitative estimate of drug-likeness (QED) is 0.902. The standard InChI is InChI=1S/C11H17N5S/c1-7(2)10(9-5-4-6-17-9)16-11(8(3)12)13-14-15-16/h4-8,10H,12H2,1-3H3. The highest BCUT2D eigenvalue weighted by atomic mass is 32.1. The molecule has 0 bridgehead atoms. The van der Waals surface area contributed by atoms with Crippen molar-refractivity contribution in [2.24, 2.45) is 11.7 Å². The smallest absolute Gasteiger partial charge is 0.168 e. The average Bonchev–Trinajstić information content (AvgIpc) is 2.87. The maximum absolute atomic E-state index is 5.89. The lowest BCUT2D eigenvalue weighted by Crippen LogP contribution is -2.22. The second-order valence-electron chi connectivity index (χ2n) is 4.47. The Balaban J connectivity index is 2.43. The molecule has 2 aromatic rings. The summed E-state index contributed by atoms with van der Waals surface area (Å²) in [6.45, 7) is 6.22. The molecule has 0 aliphatic heterocycles. The van der Waals surface area contributed by atoms with Crippen LogP contribution < -0.4 is 5.73 Å². The lowest BCUT2D eigenvalue weighted by Gasteiger charge is -2.21. The third kappa shape index (κ3) is 2.37. The molecule has 0 amide bonds. The predicted octanol–water partition coefficient (Wildman–Crippen LogP) is 2.00. The maximum atomic E-state index is 5.89. The minimum atomic E-state index is -0.161. The highest BCUT2D eigenvalue weighted by Crippen LogP contribution is 2.30. The average molecular weight is 251 g/mol. The van der Waals surface area contributed by atoms with Gasteiger partial charge in [0.1, 0.15) is 0 Å². The molecule has 0 spiro atoms. The van der Waals surface area contributed by atoms with Crippen LogP contribution in [0.1, 0.15) is 43.6 Å². The molecule has 2 heterocycles. The van der Waals surface area contributed by atoms with E-state index in [4.69, 9.17) is 5.73 Å². The molecular weight excluding hydrogens is 234 g/mol. The first kappa shape index (κ1) is 12.2. The second kappa shape index (κ2) is 4.93.